The molecule has 29 heavy (non-hydrogen) atoms. The van der Waals surface area contributed by atoms with E-state index in [2.05, 4.69) is 5.32 Å². The molecule has 0 bridgehead atoms. The van der Waals surface area contributed by atoms with E-state index in [9.17, 15) is 14.4 Å². The third-order valence-electron chi connectivity index (χ3n) is 4.10. The van der Waals surface area contributed by atoms with E-state index in [0.29, 0.717) is 16.3 Å². The quantitative estimate of drug-likeness (QED) is 0.703. The van der Waals surface area contributed by atoms with Gasteiger partial charge in [-0.25, -0.2) is 4.79 Å². The summed E-state index contributed by atoms with van der Waals surface area (Å²) >= 11 is 5.94. The number of hydrogen-bond acceptors (Lipinski definition) is 5. The Hall–Kier alpha value is -3.37. The maximum atomic E-state index is 12.3. The summed E-state index contributed by atoms with van der Waals surface area (Å²) in [5, 5.41) is 12.1. The van der Waals surface area contributed by atoms with Crippen LogP contribution in [0.4, 0.5) is 5.69 Å². The largest absolute Gasteiger partial charge is 0.452 e. The number of rotatable bonds is 7. The molecule has 0 saturated heterocycles. The molecule has 7 nitrogen and oxygen atoms in total. The first-order valence-electron chi connectivity index (χ1n) is 8.85. The highest BCUT2D eigenvalue weighted by Gasteiger charge is 2.18. The molecule has 0 aliphatic heterocycles. The number of ether oxygens (including phenoxy) is 1. The van der Waals surface area contributed by atoms with E-state index in [1.165, 1.54) is 17.0 Å². The second-order valence-electron chi connectivity index (χ2n) is 6.18. The number of carbonyl (C=O) groups is 3. The monoisotopic (exact) mass is 413 g/mol. The van der Waals surface area contributed by atoms with Crippen LogP contribution >= 0.6 is 11.6 Å². The summed E-state index contributed by atoms with van der Waals surface area (Å²) in [6, 6.07) is 13.0. The van der Waals surface area contributed by atoms with Gasteiger partial charge in [0.15, 0.2) is 6.61 Å². The first-order valence-corrected chi connectivity index (χ1v) is 9.23. The molecule has 1 N–H and O–H groups in total. The van der Waals surface area contributed by atoms with Gasteiger partial charge in [-0.3, -0.25) is 9.59 Å². The number of likely N-dealkylation sites (N-methyl/N-ethyl adjacent to an activating group) is 1. The number of anilines is 1. The van der Waals surface area contributed by atoms with E-state index in [-0.39, 0.29) is 18.7 Å². The molecule has 0 radical (unpaired) electrons. The molecule has 0 unspecified atom stereocenters. The van der Waals surface area contributed by atoms with Crippen molar-refractivity contribution < 1.29 is 19.1 Å². The Kier molecular flexibility index (Phi) is 7.75. The summed E-state index contributed by atoms with van der Waals surface area (Å²) in [6.07, 6.45) is 0. The van der Waals surface area contributed by atoms with E-state index in [0.717, 1.165) is 5.56 Å². The molecule has 0 fully saturated rings. The number of aryl methyl sites for hydroxylation is 1. The number of esters is 1. The number of halogens is 1. The Balaban J connectivity index is 1.92. The van der Waals surface area contributed by atoms with Crippen LogP contribution in [0.3, 0.4) is 0 Å². The molecular formula is C21H20ClN3O4. The lowest BCUT2D eigenvalue weighted by Crippen LogP contribution is -2.40. The Morgan fingerprint density at radius 1 is 1.21 bits per heavy atom. The molecule has 2 rings (SSSR count). The summed E-state index contributed by atoms with van der Waals surface area (Å²) in [5.41, 5.74) is 1.89. The predicted molar refractivity (Wildman–Crippen MR) is 109 cm³/mol. The Morgan fingerprint density at radius 2 is 1.97 bits per heavy atom. The molecule has 0 aliphatic rings. The van der Waals surface area contributed by atoms with E-state index in [4.69, 9.17) is 21.6 Å². The molecule has 150 valence electrons. The minimum absolute atomic E-state index is 0.175. The van der Waals surface area contributed by atoms with Gasteiger partial charge in [-0.2, -0.15) is 5.26 Å². The molecule has 0 aliphatic carbocycles. The number of amides is 2. The molecule has 2 amide bonds. The van der Waals surface area contributed by atoms with Crippen molar-refractivity contribution in [1.82, 2.24) is 4.90 Å². The van der Waals surface area contributed by atoms with Gasteiger partial charge in [0.25, 0.3) is 5.91 Å². The summed E-state index contributed by atoms with van der Waals surface area (Å²) in [6.45, 7) is 3.11. The van der Waals surface area contributed by atoms with Crippen molar-refractivity contribution >= 4 is 35.1 Å². The molecule has 0 saturated carbocycles. The Bertz CT molecular complexity index is 969. The van der Waals surface area contributed by atoms with E-state index < -0.39 is 24.4 Å². The number of nitriles is 1. The SMILES string of the molecule is CCN(CC(=O)Nc1cc(Cl)ccc1C)C(=O)COC(=O)c1cccc(C#N)c1. The molecule has 2 aromatic rings. The number of hydrogen-bond donors (Lipinski definition) is 1. The van der Waals surface area contributed by atoms with Crippen LogP contribution in [0.25, 0.3) is 0 Å². The van der Waals surface area contributed by atoms with Gasteiger partial charge in [-0.05, 0) is 49.7 Å². The van der Waals surface area contributed by atoms with Crippen molar-refractivity contribution in [3.8, 4) is 6.07 Å². The number of nitrogens with one attached hydrogen (secondary N) is 1. The topological polar surface area (TPSA) is 99.5 Å². The molecular weight excluding hydrogens is 394 g/mol. The second-order valence-corrected chi connectivity index (χ2v) is 6.62. The van der Waals surface area contributed by atoms with Crippen LogP contribution in [0.5, 0.6) is 0 Å². The van der Waals surface area contributed by atoms with Crippen molar-refractivity contribution in [2.45, 2.75) is 13.8 Å². The van der Waals surface area contributed by atoms with Crippen molar-refractivity contribution in [3.05, 3.63) is 64.2 Å². The van der Waals surface area contributed by atoms with Gasteiger partial charge >= 0.3 is 5.97 Å². The lowest BCUT2D eigenvalue weighted by atomic mass is 10.1. The first kappa shape index (κ1) is 21.9. The highest BCUT2D eigenvalue weighted by molar-refractivity contribution is 6.31. The van der Waals surface area contributed by atoms with Crippen molar-refractivity contribution in [1.29, 1.82) is 5.26 Å². The summed E-state index contributed by atoms with van der Waals surface area (Å²) < 4.78 is 5.02. The van der Waals surface area contributed by atoms with E-state index in [1.807, 2.05) is 13.0 Å². The fraction of sp³-hybridized carbons (Fsp3) is 0.238. The van der Waals surface area contributed by atoms with Crippen LogP contribution < -0.4 is 5.32 Å². The van der Waals surface area contributed by atoms with Gasteiger partial charge < -0.3 is 15.0 Å². The fourth-order valence-corrected chi connectivity index (χ4v) is 2.66. The minimum Gasteiger partial charge on any atom is -0.452 e. The maximum Gasteiger partial charge on any atom is 0.338 e. The molecule has 0 heterocycles. The summed E-state index contributed by atoms with van der Waals surface area (Å²) in [5.74, 6) is -1.61. The zero-order chi connectivity index (χ0) is 21.4. The molecule has 2 aromatic carbocycles. The fourth-order valence-electron chi connectivity index (χ4n) is 2.49. The van der Waals surface area contributed by atoms with Crippen LogP contribution in [-0.4, -0.2) is 42.4 Å². The predicted octanol–water partition coefficient (Wildman–Crippen LogP) is 3.16. The van der Waals surface area contributed by atoms with Crippen LogP contribution in [-0.2, 0) is 14.3 Å². The van der Waals surface area contributed by atoms with E-state index >= 15 is 0 Å². The van der Waals surface area contributed by atoms with Gasteiger partial charge in [-0.15, -0.1) is 0 Å². The normalized spacial score (nSPS) is 10.0. The van der Waals surface area contributed by atoms with Gasteiger partial charge in [0.1, 0.15) is 0 Å². The van der Waals surface area contributed by atoms with Crippen molar-refractivity contribution in [2.24, 2.45) is 0 Å². The lowest BCUT2D eigenvalue weighted by Gasteiger charge is -2.20. The zero-order valence-corrected chi connectivity index (χ0v) is 16.8. The highest BCUT2D eigenvalue weighted by atomic mass is 35.5. The van der Waals surface area contributed by atoms with Crippen LogP contribution in [0, 0.1) is 18.3 Å². The standard InChI is InChI=1S/C21H20ClN3O4/c1-3-25(12-19(26)24-18-10-17(22)8-7-14(18)2)20(27)13-29-21(28)16-6-4-5-15(9-16)11-23/h4-10H,3,12-13H2,1-2H3,(H,24,26). The van der Waals surface area contributed by atoms with Gasteiger partial charge in [0, 0.05) is 17.3 Å². The maximum absolute atomic E-state index is 12.3. The number of benzene rings is 2. The van der Waals surface area contributed by atoms with Crippen LogP contribution in [0.2, 0.25) is 5.02 Å². The molecule has 8 heteroatoms. The summed E-state index contributed by atoms with van der Waals surface area (Å²) in [7, 11) is 0. The first-order chi connectivity index (χ1) is 13.8. The van der Waals surface area contributed by atoms with Gasteiger partial charge in [0.2, 0.25) is 5.91 Å². The third-order valence-corrected chi connectivity index (χ3v) is 4.33. The average Bonchev–Trinajstić information content (AvgIpc) is 2.72. The third kappa shape index (κ3) is 6.33. The summed E-state index contributed by atoms with van der Waals surface area (Å²) in [4.78, 5) is 38.0. The number of carbonyl (C=O) groups excluding carboxylic acids is 3. The Labute approximate surface area is 173 Å². The lowest BCUT2D eigenvalue weighted by molar-refractivity contribution is -0.137. The van der Waals surface area contributed by atoms with E-state index in [1.54, 1.807) is 37.3 Å². The van der Waals surface area contributed by atoms with Gasteiger partial charge in [-0.1, -0.05) is 23.7 Å². The number of nitrogens with zero attached hydrogens (tertiary/aromatic N) is 2. The molecule has 0 aromatic heterocycles. The van der Waals surface area contributed by atoms with Crippen molar-refractivity contribution in [2.75, 3.05) is 25.0 Å². The van der Waals surface area contributed by atoms with Crippen molar-refractivity contribution in [3.63, 3.8) is 0 Å². The smallest absolute Gasteiger partial charge is 0.338 e. The average molecular weight is 414 g/mol. The zero-order valence-electron chi connectivity index (χ0n) is 16.1. The second kappa shape index (κ2) is 10.2. The molecule has 0 atom stereocenters. The van der Waals surface area contributed by atoms with Crippen LogP contribution in [0.1, 0.15) is 28.4 Å². The van der Waals surface area contributed by atoms with Gasteiger partial charge in [0.05, 0.1) is 23.7 Å². The minimum atomic E-state index is -0.717. The van der Waals surface area contributed by atoms with Crippen LogP contribution in [0.15, 0.2) is 42.5 Å². The highest BCUT2D eigenvalue weighted by Crippen LogP contribution is 2.20. The molecule has 0 spiro atoms. The Morgan fingerprint density at radius 3 is 2.66 bits per heavy atom.